The topological polar surface area (TPSA) is 126 Å². The highest BCUT2D eigenvalue weighted by Crippen LogP contribution is 2.26. The summed E-state index contributed by atoms with van der Waals surface area (Å²) in [6, 6.07) is 2.02. The normalized spacial score (nSPS) is 11.9. The minimum absolute atomic E-state index is 0.318. The van der Waals surface area contributed by atoms with Crippen LogP contribution in [0.5, 0.6) is 0 Å². The second kappa shape index (κ2) is 9.79. The predicted molar refractivity (Wildman–Crippen MR) is 118 cm³/mol. The summed E-state index contributed by atoms with van der Waals surface area (Å²) in [5.74, 6) is 1.30. The van der Waals surface area contributed by atoms with Crippen LogP contribution in [-0.4, -0.2) is 55.2 Å². The number of aromatic nitrogens is 5. The van der Waals surface area contributed by atoms with Gasteiger partial charge in [-0.3, -0.25) is 4.40 Å². The molecule has 29 heavy (non-hydrogen) atoms. The van der Waals surface area contributed by atoms with Crippen LogP contribution in [0.1, 0.15) is 12.6 Å². The highest BCUT2D eigenvalue weighted by atomic mass is 35.5. The summed E-state index contributed by atoms with van der Waals surface area (Å²) in [6.07, 6.45) is 4.48. The first-order chi connectivity index (χ1) is 14.0. The SMILES string of the molecule is CC(O)CNc1nccnc1Cl.Cc1cnc2c(NCCN)nc3ccsc3n12. The van der Waals surface area contributed by atoms with Gasteiger partial charge >= 0.3 is 0 Å². The molecule has 0 fully saturated rings. The fourth-order valence-corrected chi connectivity index (χ4v) is 3.64. The summed E-state index contributed by atoms with van der Waals surface area (Å²) in [5.41, 5.74) is 8.47. The number of nitrogens with one attached hydrogen (secondary N) is 2. The number of rotatable bonds is 6. The molecule has 0 aliphatic heterocycles. The average Bonchev–Trinajstić information content (AvgIpc) is 3.32. The Morgan fingerprint density at radius 3 is 2.76 bits per heavy atom. The summed E-state index contributed by atoms with van der Waals surface area (Å²) in [7, 11) is 0. The Morgan fingerprint density at radius 1 is 1.24 bits per heavy atom. The number of aryl methyl sites for hydroxylation is 1. The summed E-state index contributed by atoms with van der Waals surface area (Å²) in [4.78, 5) is 17.9. The second-order valence-corrected chi connectivity index (χ2v) is 7.52. The third-order valence-electron chi connectivity index (χ3n) is 3.87. The zero-order valence-electron chi connectivity index (χ0n) is 16.1. The number of nitrogens with two attached hydrogens (primary N) is 1. The van der Waals surface area contributed by atoms with E-state index in [-0.39, 0.29) is 0 Å². The molecule has 0 aromatic carbocycles. The molecule has 0 saturated carbocycles. The van der Waals surface area contributed by atoms with Crippen LogP contribution >= 0.6 is 22.9 Å². The maximum Gasteiger partial charge on any atom is 0.181 e. The summed E-state index contributed by atoms with van der Waals surface area (Å²) < 4.78 is 2.13. The average molecular weight is 435 g/mol. The molecule has 154 valence electrons. The smallest absolute Gasteiger partial charge is 0.181 e. The van der Waals surface area contributed by atoms with Crippen molar-refractivity contribution in [2.45, 2.75) is 20.0 Å². The van der Waals surface area contributed by atoms with Gasteiger partial charge in [0.2, 0.25) is 0 Å². The number of fused-ring (bicyclic) bond motifs is 3. The molecule has 0 aliphatic rings. The van der Waals surface area contributed by atoms with Gasteiger partial charge in [0.1, 0.15) is 10.3 Å². The minimum Gasteiger partial charge on any atom is -0.392 e. The Bertz CT molecular complexity index is 1080. The predicted octanol–water partition coefficient (Wildman–Crippen LogP) is 2.55. The first-order valence-corrected chi connectivity index (χ1v) is 10.3. The molecule has 4 aromatic heterocycles. The molecule has 4 heterocycles. The van der Waals surface area contributed by atoms with Gasteiger partial charge in [-0.15, -0.1) is 11.3 Å². The number of aliphatic hydroxyl groups is 1. The van der Waals surface area contributed by atoms with E-state index in [1.807, 2.05) is 24.6 Å². The van der Waals surface area contributed by atoms with Gasteiger partial charge in [0.25, 0.3) is 0 Å². The largest absolute Gasteiger partial charge is 0.392 e. The van der Waals surface area contributed by atoms with E-state index in [1.165, 1.54) is 12.4 Å². The molecular formula is C18H23ClN8OS. The van der Waals surface area contributed by atoms with Crippen molar-refractivity contribution in [2.75, 3.05) is 30.3 Å². The van der Waals surface area contributed by atoms with Crippen molar-refractivity contribution in [3.63, 3.8) is 0 Å². The Morgan fingerprint density at radius 2 is 2.03 bits per heavy atom. The van der Waals surface area contributed by atoms with Crippen LogP contribution in [0.3, 0.4) is 0 Å². The molecule has 5 N–H and O–H groups in total. The van der Waals surface area contributed by atoms with Gasteiger partial charge in [0.05, 0.1) is 6.10 Å². The lowest BCUT2D eigenvalue weighted by atomic mass is 10.4. The highest BCUT2D eigenvalue weighted by Gasteiger charge is 2.11. The Hall–Kier alpha value is -2.53. The molecule has 0 amide bonds. The quantitative estimate of drug-likeness (QED) is 0.364. The van der Waals surface area contributed by atoms with E-state index < -0.39 is 6.10 Å². The molecule has 0 radical (unpaired) electrons. The van der Waals surface area contributed by atoms with E-state index in [0.717, 1.165) is 27.5 Å². The van der Waals surface area contributed by atoms with E-state index in [0.29, 0.717) is 30.6 Å². The van der Waals surface area contributed by atoms with Gasteiger partial charge in [-0.2, -0.15) is 0 Å². The molecule has 0 bridgehead atoms. The Kier molecular flexibility index (Phi) is 7.15. The minimum atomic E-state index is -0.428. The van der Waals surface area contributed by atoms with Crippen LogP contribution in [0.2, 0.25) is 5.15 Å². The number of halogens is 1. The number of hydrogen-bond acceptors (Lipinski definition) is 9. The Labute approximate surface area is 177 Å². The molecule has 0 spiro atoms. The van der Waals surface area contributed by atoms with Crippen molar-refractivity contribution in [1.82, 2.24) is 24.3 Å². The van der Waals surface area contributed by atoms with E-state index in [1.54, 1.807) is 18.3 Å². The van der Waals surface area contributed by atoms with E-state index >= 15 is 0 Å². The fraction of sp³-hybridized carbons (Fsp3) is 0.333. The van der Waals surface area contributed by atoms with Gasteiger partial charge in [-0.25, -0.2) is 19.9 Å². The fourth-order valence-electron chi connectivity index (χ4n) is 2.57. The molecule has 11 heteroatoms. The van der Waals surface area contributed by atoms with Crippen molar-refractivity contribution < 1.29 is 5.11 Å². The van der Waals surface area contributed by atoms with Gasteiger partial charge in [-0.05, 0) is 25.3 Å². The van der Waals surface area contributed by atoms with Crippen molar-refractivity contribution in [2.24, 2.45) is 5.73 Å². The third kappa shape index (κ3) is 5.10. The molecule has 4 aromatic rings. The molecular weight excluding hydrogens is 412 g/mol. The lowest BCUT2D eigenvalue weighted by Gasteiger charge is -2.07. The number of thiophene rings is 1. The van der Waals surface area contributed by atoms with Crippen molar-refractivity contribution in [3.05, 3.63) is 40.9 Å². The molecule has 9 nitrogen and oxygen atoms in total. The maximum absolute atomic E-state index is 8.95. The standard InChI is InChI=1S/C11H13N5S.C7H10ClN3O/c1-7-6-14-10-9(13-4-3-12)15-8-2-5-17-11(8)16(7)10;1-5(12)4-11-7-6(8)9-2-3-10-7/h2,5-6H,3-4,12H2,1H3,(H,13,15);2-3,5,12H,4H2,1H3,(H,10,11). The van der Waals surface area contributed by atoms with Gasteiger partial charge in [0, 0.05) is 43.9 Å². The lowest BCUT2D eigenvalue weighted by Crippen LogP contribution is -2.16. The highest BCUT2D eigenvalue weighted by molar-refractivity contribution is 7.16. The number of imidazole rings is 1. The second-order valence-electron chi connectivity index (χ2n) is 6.27. The maximum atomic E-state index is 8.95. The summed E-state index contributed by atoms with van der Waals surface area (Å²) in [5, 5.41) is 17.4. The molecule has 0 aliphatic carbocycles. The van der Waals surface area contributed by atoms with Crippen LogP contribution in [0.25, 0.3) is 16.0 Å². The van der Waals surface area contributed by atoms with Crippen LogP contribution in [0, 0.1) is 6.92 Å². The summed E-state index contributed by atoms with van der Waals surface area (Å²) in [6.45, 7) is 5.42. The lowest BCUT2D eigenvalue weighted by molar-refractivity contribution is 0.208. The molecule has 0 saturated heterocycles. The van der Waals surface area contributed by atoms with Crippen LogP contribution in [0.15, 0.2) is 30.0 Å². The van der Waals surface area contributed by atoms with Crippen molar-refractivity contribution >= 4 is 50.6 Å². The molecule has 1 atom stereocenters. The van der Waals surface area contributed by atoms with Crippen LogP contribution in [0.4, 0.5) is 11.6 Å². The summed E-state index contributed by atoms with van der Waals surface area (Å²) >= 11 is 7.37. The van der Waals surface area contributed by atoms with E-state index in [4.69, 9.17) is 22.4 Å². The number of hydrogen-bond donors (Lipinski definition) is 4. The third-order valence-corrected chi connectivity index (χ3v) is 5.03. The van der Waals surface area contributed by atoms with Crippen LogP contribution < -0.4 is 16.4 Å². The van der Waals surface area contributed by atoms with E-state index in [2.05, 4.69) is 35.0 Å². The van der Waals surface area contributed by atoms with Crippen molar-refractivity contribution in [1.29, 1.82) is 0 Å². The Balaban J connectivity index is 0.000000177. The number of nitrogens with zero attached hydrogens (tertiary/aromatic N) is 5. The first-order valence-electron chi connectivity index (χ1n) is 9.05. The molecule has 1 unspecified atom stereocenters. The van der Waals surface area contributed by atoms with E-state index in [9.17, 15) is 0 Å². The van der Waals surface area contributed by atoms with Gasteiger partial charge < -0.3 is 21.5 Å². The number of anilines is 2. The first kappa shape index (κ1) is 21.2. The van der Waals surface area contributed by atoms with Gasteiger partial charge in [-0.1, -0.05) is 11.6 Å². The van der Waals surface area contributed by atoms with Crippen LogP contribution in [-0.2, 0) is 0 Å². The zero-order chi connectivity index (χ0) is 20.8. The molecule has 4 rings (SSSR count). The zero-order valence-corrected chi connectivity index (χ0v) is 17.7. The van der Waals surface area contributed by atoms with Gasteiger partial charge in [0.15, 0.2) is 22.4 Å². The monoisotopic (exact) mass is 434 g/mol. The van der Waals surface area contributed by atoms with Crippen molar-refractivity contribution in [3.8, 4) is 0 Å². The number of aliphatic hydroxyl groups excluding tert-OH is 1.